The molecule has 12 nitrogen and oxygen atoms in total. The van der Waals surface area contributed by atoms with Gasteiger partial charge in [0.1, 0.15) is 6.04 Å². The van der Waals surface area contributed by atoms with Crippen molar-refractivity contribution in [3.63, 3.8) is 0 Å². The van der Waals surface area contributed by atoms with Crippen LogP contribution in [0.5, 0.6) is 0 Å². The highest BCUT2D eigenvalue weighted by molar-refractivity contribution is 7.89. The van der Waals surface area contributed by atoms with Gasteiger partial charge in [0.15, 0.2) is 5.95 Å². The molecule has 2 aromatic heterocycles. The molecule has 1 amide bonds. The number of benzene rings is 3. The molecule has 0 bridgehead atoms. The van der Waals surface area contributed by atoms with Crippen LogP contribution in [-0.2, 0) is 21.4 Å². The summed E-state index contributed by atoms with van der Waals surface area (Å²) in [5.74, 6) is -1.25. The summed E-state index contributed by atoms with van der Waals surface area (Å²) in [7, 11) is -4.17. The number of amides is 1. The summed E-state index contributed by atoms with van der Waals surface area (Å²) in [4.78, 5) is 31.7. The molecule has 0 aliphatic rings. The number of nitrogens with one attached hydrogen (secondary N) is 4. The number of aromatic nitrogens is 4. The summed E-state index contributed by atoms with van der Waals surface area (Å²) < 4.78 is 29.9. The van der Waals surface area contributed by atoms with E-state index in [0.717, 1.165) is 34.0 Å². The van der Waals surface area contributed by atoms with Crippen LogP contribution in [0.1, 0.15) is 22.3 Å². The van der Waals surface area contributed by atoms with Crippen LogP contribution in [0.2, 0.25) is 0 Å². The van der Waals surface area contributed by atoms with Gasteiger partial charge in [-0.05, 0) is 54.8 Å². The van der Waals surface area contributed by atoms with Gasteiger partial charge < -0.3 is 20.7 Å². The first-order valence-corrected chi connectivity index (χ1v) is 15.1. The van der Waals surface area contributed by atoms with Crippen LogP contribution in [0.4, 0.5) is 5.95 Å². The second-order valence-electron chi connectivity index (χ2n) is 9.97. The Bertz CT molecular complexity index is 1820. The van der Waals surface area contributed by atoms with Crippen LogP contribution < -0.4 is 15.4 Å². The number of sulfonamides is 1. The third-order valence-corrected chi connectivity index (χ3v) is 8.34. The summed E-state index contributed by atoms with van der Waals surface area (Å²) >= 11 is 0. The van der Waals surface area contributed by atoms with E-state index in [1.54, 1.807) is 48.9 Å². The van der Waals surface area contributed by atoms with Gasteiger partial charge in [0, 0.05) is 43.0 Å². The lowest BCUT2D eigenvalue weighted by Gasteiger charge is -2.16. The van der Waals surface area contributed by atoms with Crippen LogP contribution >= 0.6 is 0 Å². The Hall–Kier alpha value is -5.01. The number of hydrogen-bond acceptors (Lipinski definition) is 7. The summed E-state index contributed by atoms with van der Waals surface area (Å²) in [5.41, 5.74) is 4.00. The van der Waals surface area contributed by atoms with E-state index in [1.165, 1.54) is 12.1 Å². The molecule has 5 N–H and O–H groups in total. The third-order valence-electron chi connectivity index (χ3n) is 6.85. The van der Waals surface area contributed by atoms with Crippen LogP contribution in [0.3, 0.4) is 0 Å². The molecule has 0 radical (unpaired) electrons. The number of aromatic amines is 1. The molecule has 0 saturated carbocycles. The van der Waals surface area contributed by atoms with Crippen molar-refractivity contribution in [3.05, 3.63) is 96.4 Å². The average Bonchev–Trinajstić information content (AvgIpc) is 3.67. The fourth-order valence-electron chi connectivity index (χ4n) is 4.51. The van der Waals surface area contributed by atoms with E-state index < -0.39 is 34.5 Å². The first-order chi connectivity index (χ1) is 20.7. The number of aliphatic carboxylic acids is 1. The van der Waals surface area contributed by atoms with Crippen molar-refractivity contribution in [1.82, 2.24) is 29.8 Å². The summed E-state index contributed by atoms with van der Waals surface area (Å²) in [6.45, 7) is 2.88. The minimum Gasteiger partial charge on any atom is -0.480 e. The van der Waals surface area contributed by atoms with Crippen LogP contribution in [0.15, 0.2) is 90.2 Å². The number of nitrogens with zero attached hydrogens (tertiary/aromatic N) is 3. The van der Waals surface area contributed by atoms with Crippen molar-refractivity contribution in [3.8, 4) is 11.1 Å². The van der Waals surface area contributed by atoms with Gasteiger partial charge in [-0.15, -0.1) is 0 Å². The van der Waals surface area contributed by atoms with Crippen LogP contribution in [-0.4, -0.2) is 64.3 Å². The van der Waals surface area contributed by atoms with Crippen molar-refractivity contribution in [2.24, 2.45) is 0 Å². The lowest BCUT2D eigenvalue weighted by molar-refractivity contribution is -0.138. The smallest absolute Gasteiger partial charge is 0.323 e. The number of carbonyl (C=O) groups excluding carboxylic acids is 1. The zero-order valence-electron chi connectivity index (χ0n) is 23.3. The quantitative estimate of drug-likeness (QED) is 0.128. The molecule has 0 spiro atoms. The number of hydrogen-bond donors (Lipinski definition) is 5. The van der Waals surface area contributed by atoms with Crippen molar-refractivity contribution in [2.75, 3.05) is 18.4 Å². The van der Waals surface area contributed by atoms with Gasteiger partial charge in [-0.25, -0.2) is 13.4 Å². The van der Waals surface area contributed by atoms with Crippen LogP contribution in [0.25, 0.3) is 22.0 Å². The second kappa shape index (κ2) is 12.9. The predicted molar refractivity (Wildman–Crippen MR) is 162 cm³/mol. The van der Waals surface area contributed by atoms with E-state index in [0.29, 0.717) is 24.6 Å². The fraction of sp³-hybridized carbons (Fsp3) is 0.200. The molecular weight excluding hydrogens is 570 g/mol. The Labute approximate surface area is 248 Å². The van der Waals surface area contributed by atoms with Crippen LogP contribution in [0, 0.1) is 6.92 Å². The number of rotatable bonds is 13. The third kappa shape index (κ3) is 7.26. The maximum atomic E-state index is 13.0. The van der Waals surface area contributed by atoms with E-state index in [2.05, 4.69) is 30.4 Å². The largest absolute Gasteiger partial charge is 0.480 e. The molecule has 5 rings (SSSR count). The van der Waals surface area contributed by atoms with Gasteiger partial charge in [-0.2, -0.15) is 9.82 Å². The Kier molecular flexibility index (Phi) is 8.83. The molecule has 0 aliphatic carbocycles. The molecule has 3 aromatic carbocycles. The predicted octanol–water partition coefficient (Wildman–Crippen LogP) is 3.40. The van der Waals surface area contributed by atoms with Gasteiger partial charge in [-0.3, -0.25) is 14.3 Å². The lowest BCUT2D eigenvalue weighted by atomic mass is 10.0. The van der Waals surface area contributed by atoms with Gasteiger partial charge in [0.05, 0.1) is 16.6 Å². The van der Waals surface area contributed by atoms with Crippen molar-refractivity contribution < 1.29 is 23.1 Å². The number of aryl methyl sites for hydroxylation is 2. The molecule has 0 saturated heterocycles. The van der Waals surface area contributed by atoms with Crippen molar-refractivity contribution in [2.45, 2.75) is 30.8 Å². The minimum atomic E-state index is -4.17. The Morgan fingerprint density at radius 1 is 1.02 bits per heavy atom. The molecular formula is C30H31N7O5S. The number of carboxylic acids is 1. The maximum absolute atomic E-state index is 13.0. The molecule has 222 valence electrons. The van der Waals surface area contributed by atoms with E-state index >= 15 is 0 Å². The monoisotopic (exact) mass is 601 g/mol. The summed E-state index contributed by atoms with van der Waals surface area (Å²) in [6, 6.07) is 17.4. The lowest BCUT2D eigenvalue weighted by Crippen LogP contribution is -2.48. The molecule has 0 unspecified atom stereocenters. The first-order valence-electron chi connectivity index (χ1n) is 13.6. The molecule has 0 aliphatic heterocycles. The van der Waals surface area contributed by atoms with E-state index in [9.17, 15) is 23.1 Å². The van der Waals surface area contributed by atoms with Gasteiger partial charge >= 0.3 is 5.97 Å². The number of H-pyrrole nitrogens is 1. The number of carbonyl (C=O) groups is 2. The van der Waals surface area contributed by atoms with E-state index in [-0.39, 0.29) is 4.90 Å². The molecule has 5 aromatic rings. The highest BCUT2D eigenvalue weighted by atomic mass is 32.2. The van der Waals surface area contributed by atoms with Gasteiger partial charge in [0.2, 0.25) is 10.0 Å². The number of imidazole rings is 1. The highest BCUT2D eigenvalue weighted by Gasteiger charge is 2.26. The molecule has 1 atom stereocenters. The Balaban J connectivity index is 1.18. The zero-order valence-corrected chi connectivity index (χ0v) is 24.1. The minimum absolute atomic E-state index is 0.0832. The SMILES string of the molecule is Cc1ccc(-c2ccc(S(=O)(=O)N[C@@H](CNC(=O)c3ccc4c(cnn4CCCNc4ncc[nH]4)c3)C(=O)O)cc2)cc1. The van der Waals surface area contributed by atoms with Crippen molar-refractivity contribution >= 4 is 38.8 Å². The molecule has 43 heavy (non-hydrogen) atoms. The topological polar surface area (TPSA) is 171 Å². The second-order valence-corrected chi connectivity index (χ2v) is 11.7. The highest BCUT2D eigenvalue weighted by Crippen LogP contribution is 2.22. The maximum Gasteiger partial charge on any atom is 0.323 e. The van der Waals surface area contributed by atoms with Crippen molar-refractivity contribution in [1.29, 1.82) is 0 Å². The molecule has 13 heteroatoms. The Morgan fingerprint density at radius 2 is 1.74 bits per heavy atom. The Morgan fingerprint density at radius 3 is 2.42 bits per heavy atom. The average molecular weight is 602 g/mol. The van der Waals surface area contributed by atoms with E-state index in [4.69, 9.17) is 0 Å². The number of carboxylic acid groups (broad SMARTS) is 1. The zero-order chi connectivity index (χ0) is 30.4. The summed E-state index contributed by atoms with van der Waals surface area (Å²) in [5, 5.41) is 20.5. The van der Waals surface area contributed by atoms with Gasteiger partial charge in [-0.1, -0.05) is 42.0 Å². The molecule has 0 fully saturated rings. The fourth-order valence-corrected chi connectivity index (χ4v) is 5.70. The van der Waals surface area contributed by atoms with E-state index in [1.807, 2.05) is 35.9 Å². The standard InChI is InChI=1S/C30H31N7O5S/c1-20-3-5-21(6-4-20)22-7-10-25(11-8-22)43(41,42)36-26(29(39)40)19-34-28(38)23-9-12-27-24(17-23)18-35-37(27)16-2-13-31-30-32-14-15-33-30/h3-12,14-15,17-18,26,36H,2,13,16,19H2,1H3,(H,34,38)(H,39,40)(H2,31,32,33)/t26-/m0/s1. The number of fused-ring (bicyclic) bond motifs is 1. The molecule has 2 heterocycles. The summed E-state index contributed by atoms with van der Waals surface area (Å²) in [6.07, 6.45) is 5.86. The normalized spacial score (nSPS) is 12.2. The first kappa shape index (κ1) is 29.5. The number of anilines is 1. The van der Waals surface area contributed by atoms with Gasteiger partial charge in [0.25, 0.3) is 5.91 Å².